The van der Waals surface area contributed by atoms with Crippen molar-refractivity contribution in [1.29, 1.82) is 5.26 Å². The van der Waals surface area contributed by atoms with Gasteiger partial charge >= 0.3 is 0 Å². The van der Waals surface area contributed by atoms with E-state index in [-0.39, 0.29) is 0 Å². The molecule has 1 aromatic carbocycles. The van der Waals surface area contributed by atoms with Gasteiger partial charge in [0.2, 0.25) is 5.95 Å². The second kappa shape index (κ2) is 6.81. The lowest BCUT2D eigenvalue weighted by Gasteiger charge is -2.27. The molecule has 0 atom stereocenters. The minimum absolute atomic E-state index is 0.354. The number of nitrogens with zero attached hydrogens (tertiary/aromatic N) is 5. The molecule has 0 saturated carbocycles. The minimum atomic E-state index is 0.354. The fourth-order valence-electron chi connectivity index (χ4n) is 2.34. The van der Waals surface area contributed by atoms with Crippen molar-refractivity contribution in [3.8, 4) is 11.8 Å². The first-order valence-corrected chi connectivity index (χ1v) is 8.13. The standard InChI is InChI=1S/C15H17N5OS/c1-12-2-4-13(5-3-12)20-14(19-7-9-21-10-8-19)17-18-15(20)22-11-6-16/h2-5H,7-11H2,1H3. The van der Waals surface area contributed by atoms with Crippen molar-refractivity contribution in [2.24, 2.45) is 0 Å². The highest BCUT2D eigenvalue weighted by Crippen LogP contribution is 2.27. The lowest BCUT2D eigenvalue weighted by atomic mass is 10.2. The van der Waals surface area contributed by atoms with E-state index < -0.39 is 0 Å². The minimum Gasteiger partial charge on any atom is -0.378 e. The van der Waals surface area contributed by atoms with Gasteiger partial charge in [0, 0.05) is 13.1 Å². The second-order valence-corrected chi connectivity index (χ2v) is 5.94. The predicted molar refractivity (Wildman–Crippen MR) is 85.5 cm³/mol. The van der Waals surface area contributed by atoms with Crippen molar-refractivity contribution in [1.82, 2.24) is 14.8 Å². The summed E-state index contributed by atoms with van der Waals surface area (Å²) in [7, 11) is 0. The van der Waals surface area contributed by atoms with Crippen LogP contribution in [0.5, 0.6) is 0 Å². The summed E-state index contributed by atoms with van der Waals surface area (Å²) in [5.74, 6) is 1.17. The Bertz CT molecular complexity index is 670. The van der Waals surface area contributed by atoms with Crippen molar-refractivity contribution in [3.05, 3.63) is 29.8 Å². The first kappa shape index (κ1) is 14.9. The van der Waals surface area contributed by atoms with Crippen LogP contribution in [-0.4, -0.2) is 46.8 Å². The number of morpholine rings is 1. The summed E-state index contributed by atoms with van der Waals surface area (Å²) in [4.78, 5) is 2.17. The fraction of sp³-hybridized carbons (Fsp3) is 0.400. The Labute approximate surface area is 133 Å². The number of hydrogen-bond donors (Lipinski definition) is 0. The third kappa shape index (κ3) is 3.08. The Morgan fingerprint density at radius 2 is 1.95 bits per heavy atom. The molecule has 0 unspecified atom stereocenters. The largest absolute Gasteiger partial charge is 0.378 e. The first-order chi connectivity index (χ1) is 10.8. The number of anilines is 1. The van der Waals surface area contributed by atoms with Gasteiger partial charge in [-0.1, -0.05) is 29.5 Å². The van der Waals surface area contributed by atoms with Crippen molar-refractivity contribution in [2.45, 2.75) is 12.1 Å². The smallest absolute Gasteiger partial charge is 0.232 e. The topological polar surface area (TPSA) is 67.0 Å². The summed E-state index contributed by atoms with van der Waals surface area (Å²) in [6.07, 6.45) is 0. The molecule has 1 fully saturated rings. The zero-order chi connectivity index (χ0) is 15.4. The fourth-order valence-corrected chi connectivity index (χ4v) is 2.95. The summed E-state index contributed by atoms with van der Waals surface area (Å²) in [5, 5.41) is 18.2. The van der Waals surface area contributed by atoms with Crippen LogP contribution in [0.3, 0.4) is 0 Å². The molecule has 0 radical (unpaired) electrons. The highest BCUT2D eigenvalue weighted by Gasteiger charge is 2.21. The number of aryl methyl sites for hydroxylation is 1. The lowest BCUT2D eigenvalue weighted by molar-refractivity contribution is 0.122. The molecule has 6 nitrogen and oxygen atoms in total. The van der Waals surface area contributed by atoms with E-state index in [2.05, 4.69) is 52.4 Å². The predicted octanol–water partition coefficient (Wildman–Crippen LogP) is 2.03. The molecule has 0 spiro atoms. The van der Waals surface area contributed by atoms with Gasteiger partial charge in [-0.05, 0) is 19.1 Å². The summed E-state index contributed by atoms with van der Waals surface area (Å²) in [6.45, 7) is 5.05. The van der Waals surface area contributed by atoms with Crippen molar-refractivity contribution in [2.75, 3.05) is 37.0 Å². The van der Waals surface area contributed by atoms with Crippen LogP contribution in [0.4, 0.5) is 5.95 Å². The molecule has 1 aliphatic rings. The summed E-state index contributed by atoms with van der Waals surface area (Å²) < 4.78 is 7.43. The summed E-state index contributed by atoms with van der Waals surface area (Å²) in [6, 6.07) is 10.4. The van der Waals surface area contributed by atoms with E-state index in [0.717, 1.165) is 29.9 Å². The van der Waals surface area contributed by atoms with Crippen LogP contribution >= 0.6 is 11.8 Å². The third-order valence-corrected chi connectivity index (χ3v) is 4.26. The zero-order valence-electron chi connectivity index (χ0n) is 12.4. The van der Waals surface area contributed by atoms with E-state index >= 15 is 0 Å². The second-order valence-electron chi connectivity index (χ2n) is 5.00. The molecular weight excluding hydrogens is 298 g/mol. The molecule has 114 valence electrons. The lowest BCUT2D eigenvalue weighted by Crippen LogP contribution is -2.37. The van der Waals surface area contributed by atoms with Crippen molar-refractivity contribution in [3.63, 3.8) is 0 Å². The van der Waals surface area contributed by atoms with E-state index in [1.54, 1.807) is 0 Å². The Morgan fingerprint density at radius 3 is 2.64 bits per heavy atom. The first-order valence-electron chi connectivity index (χ1n) is 7.14. The van der Waals surface area contributed by atoms with Crippen LogP contribution < -0.4 is 4.90 Å². The molecule has 0 bridgehead atoms. The maximum atomic E-state index is 8.83. The molecule has 0 N–H and O–H groups in total. The van der Waals surface area contributed by atoms with Crippen LogP contribution in [0, 0.1) is 18.3 Å². The molecular formula is C15H17N5OS. The Hall–Kier alpha value is -2.04. The number of rotatable bonds is 4. The molecule has 1 saturated heterocycles. The number of aromatic nitrogens is 3. The molecule has 2 aromatic rings. The number of thioether (sulfide) groups is 1. The summed E-state index contributed by atoms with van der Waals surface area (Å²) in [5.41, 5.74) is 2.22. The molecule has 0 amide bonds. The van der Waals surface area contributed by atoms with Gasteiger partial charge in [0.1, 0.15) is 0 Å². The molecule has 3 rings (SSSR count). The van der Waals surface area contributed by atoms with Gasteiger partial charge in [0.25, 0.3) is 0 Å². The van der Waals surface area contributed by atoms with Gasteiger partial charge in [-0.3, -0.25) is 4.57 Å². The van der Waals surface area contributed by atoms with Gasteiger partial charge in [-0.25, -0.2) is 0 Å². The zero-order valence-corrected chi connectivity index (χ0v) is 13.2. The Morgan fingerprint density at radius 1 is 1.23 bits per heavy atom. The SMILES string of the molecule is Cc1ccc(-n2c(SCC#N)nnc2N2CCOCC2)cc1. The monoisotopic (exact) mass is 315 g/mol. The van der Waals surface area contributed by atoms with Gasteiger partial charge in [-0.15, -0.1) is 10.2 Å². The van der Waals surface area contributed by atoms with E-state index in [0.29, 0.717) is 19.0 Å². The maximum Gasteiger partial charge on any atom is 0.232 e. The number of ether oxygens (including phenoxy) is 1. The van der Waals surface area contributed by atoms with Crippen molar-refractivity contribution >= 4 is 17.7 Å². The number of hydrogen-bond acceptors (Lipinski definition) is 6. The van der Waals surface area contributed by atoms with E-state index in [4.69, 9.17) is 10.00 Å². The van der Waals surface area contributed by atoms with E-state index in [1.165, 1.54) is 17.3 Å². The third-order valence-electron chi connectivity index (χ3n) is 3.47. The van der Waals surface area contributed by atoms with Gasteiger partial charge < -0.3 is 9.64 Å². The molecule has 2 heterocycles. The molecule has 0 aliphatic carbocycles. The average molecular weight is 315 g/mol. The van der Waals surface area contributed by atoms with Crippen LogP contribution in [-0.2, 0) is 4.74 Å². The highest BCUT2D eigenvalue weighted by molar-refractivity contribution is 7.99. The van der Waals surface area contributed by atoms with Crippen molar-refractivity contribution < 1.29 is 4.74 Å². The Kier molecular flexibility index (Phi) is 4.61. The van der Waals surface area contributed by atoms with Gasteiger partial charge in [0.15, 0.2) is 5.16 Å². The molecule has 7 heteroatoms. The molecule has 1 aliphatic heterocycles. The number of nitriles is 1. The van der Waals surface area contributed by atoms with Crippen LogP contribution in [0.1, 0.15) is 5.56 Å². The quantitative estimate of drug-likeness (QED) is 0.804. The average Bonchev–Trinajstić information content (AvgIpc) is 2.98. The number of benzene rings is 1. The maximum absolute atomic E-state index is 8.83. The van der Waals surface area contributed by atoms with E-state index in [9.17, 15) is 0 Å². The van der Waals surface area contributed by atoms with Crippen LogP contribution in [0.2, 0.25) is 0 Å². The normalized spacial score (nSPS) is 14.8. The molecule has 1 aromatic heterocycles. The van der Waals surface area contributed by atoms with Crippen LogP contribution in [0.25, 0.3) is 5.69 Å². The van der Waals surface area contributed by atoms with E-state index in [1.807, 2.05) is 4.57 Å². The highest BCUT2D eigenvalue weighted by atomic mass is 32.2. The van der Waals surface area contributed by atoms with Gasteiger partial charge in [0.05, 0.1) is 30.7 Å². The molecule has 22 heavy (non-hydrogen) atoms. The van der Waals surface area contributed by atoms with Gasteiger partial charge in [-0.2, -0.15) is 5.26 Å². The van der Waals surface area contributed by atoms with Crippen LogP contribution in [0.15, 0.2) is 29.4 Å². The Balaban J connectivity index is 2.00. The summed E-state index contributed by atoms with van der Waals surface area (Å²) >= 11 is 1.40.